The second kappa shape index (κ2) is 9.42. The summed E-state index contributed by atoms with van der Waals surface area (Å²) in [5.41, 5.74) is 2.39. The lowest BCUT2D eigenvalue weighted by molar-refractivity contribution is 0.685. The molecule has 0 fully saturated rings. The van der Waals surface area contributed by atoms with Gasteiger partial charge in [-0.25, -0.2) is 4.98 Å². The fourth-order valence-corrected chi connectivity index (χ4v) is 3.20. The molecule has 0 saturated carbocycles. The Hall–Kier alpha value is -1.88. The van der Waals surface area contributed by atoms with Gasteiger partial charge in [0.2, 0.25) is 0 Å². The maximum atomic E-state index is 4.69. The van der Waals surface area contributed by atoms with Gasteiger partial charge in [0.1, 0.15) is 0 Å². The van der Waals surface area contributed by atoms with Crippen molar-refractivity contribution >= 4 is 17.3 Å². The van der Waals surface area contributed by atoms with Crippen molar-refractivity contribution in [2.75, 3.05) is 13.1 Å². The number of aliphatic imine (C=N–C) groups is 1. The minimum absolute atomic E-state index is 0.218. The van der Waals surface area contributed by atoms with E-state index in [1.54, 1.807) is 11.3 Å². The smallest absolute Gasteiger partial charge is 0.191 e. The molecular weight excluding hydrogens is 316 g/mol. The third-order valence-electron chi connectivity index (χ3n) is 3.70. The largest absolute Gasteiger partial charge is 0.357 e. The standard InChI is InChI=1S/C19H28N4S/c1-5-20-19(22-15(4)16-9-7-6-8-10-16)21-12-11-17-13-24-18(23-17)14(2)3/h6-10,13-15H,5,11-12H2,1-4H3,(H2,20,21,22). The molecule has 0 radical (unpaired) electrons. The number of thiazole rings is 1. The molecule has 24 heavy (non-hydrogen) atoms. The van der Waals surface area contributed by atoms with E-state index in [2.05, 4.69) is 78.0 Å². The van der Waals surface area contributed by atoms with Crippen molar-refractivity contribution in [2.24, 2.45) is 4.99 Å². The Balaban J connectivity index is 1.92. The van der Waals surface area contributed by atoms with Crippen LogP contribution in [0.2, 0.25) is 0 Å². The molecule has 1 atom stereocenters. The van der Waals surface area contributed by atoms with Crippen LogP contribution < -0.4 is 10.6 Å². The highest BCUT2D eigenvalue weighted by Gasteiger charge is 2.08. The molecule has 4 nitrogen and oxygen atoms in total. The summed E-state index contributed by atoms with van der Waals surface area (Å²) in [6, 6.07) is 10.6. The third-order valence-corrected chi connectivity index (χ3v) is 4.89. The van der Waals surface area contributed by atoms with Crippen LogP contribution in [0.3, 0.4) is 0 Å². The maximum Gasteiger partial charge on any atom is 0.191 e. The van der Waals surface area contributed by atoms with Crippen LogP contribution >= 0.6 is 11.3 Å². The van der Waals surface area contributed by atoms with Crippen LogP contribution in [0.4, 0.5) is 0 Å². The maximum absolute atomic E-state index is 4.69. The first-order valence-electron chi connectivity index (χ1n) is 8.64. The van der Waals surface area contributed by atoms with Gasteiger partial charge >= 0.3 is 0 Å². The SMILES string of the molecule is CCNC(=NCCc1csc(C(C)C)n1)NC(C)c1ccccc1. The van der Waals surface area contributed by atoms with Gasteiger partial charge in [-0.15, -0.1) is 11.3 Å². The molecule has 0 aliphatic heterocycles. The van der Waals surface area contributed by atoms with Crippen LogP contribution in [-0.2, 0) is 6.42 Å². The van der Waals surface area contributed by atoms with Gasteiger partial charge < -0.3 is 10.6 Å². The molecule has 1 unspecified atom stereocenters. The van der Waals surface area contributed by atoms with Crippen LogP contribution in [0.5, 0.6) is 0 Å². The van der Waals surface area contributed by atoms with Gasteiger partial charge in [0.05, 0.1) is 16.7 Å². The number of nitrogens with zero attached hydrogens (tertiary/aromatic N) is 2. The minimum atomic E-state index is 0.218. The molecule has 2 aromatic rings. The second-order valence-corrected chi connectivity index (χ2v) is 7.01. The first kappa shape index (κ1) is 18.5. The first-order valence-corrected chi connectivity index (χ1v) is 9.52. The summed E-state index contributed by atoms with van der Waals surface area (Å²) in [5, 5.41) is 10.1. The van der Waals surface area contributed by atoms with Gasteiger partial charge in [-0.1, -0.05) is 44.2 Å². The molecule has 1 heterocycles. The summed E-state index contributed by atoms with van der Waals surface area (Å²) in [6.07, 6.45) is 0.875. The molecule has 0 spiro atoms. The molecule has 0 bridgehead atoms. The van der Waals surface area contributed by atoms with E-state index in [0.29, 0.717) is 5.92 Å². The van der Waals surface area contributed by atoms with E-state index in [0.717, 1.165) is 31.2 Å². The third kappa shape index (κ3) is 5.64. The summed E-state index contributed by atoms with van der Waals surface area (Å²) >= 11 is 1.74. The molecule has 2 N–H and O–H groups in total. The lowest BCUT2D eigenvalue weighted by Gasteiger charge is -2.18. The number of rotatable bonds is 7. The van der Waals surface area contributed by atoms with Gasteiger partial charge in [0.25, 0.3) is 0 Å². The predicted octanol–water partition coefficient (Wildman–Crippen LogP) is 4.13. The molecule has 1 aromatic carbocycles. The summed E-state index contributed by atoms with van der Waals surface area (Å²) in [4.78, 5) is 9.36. The Morgan fingerprint density at radius 1 is 1.21 bits per heavy atom. The lowest BCUT2D eigenvalue weighted by Crippen LogP contribution is -2.38. The molecule has 2 rings (SSSR count). The Labute approximate surface area is 149 Å². The van der Waals surface area contributed by atoms with Crippen LogP contribution in [-0.4, -0.2) is 24.0 Å². The number of guanidine groups is 1. The number of nitrogens with one attached hydrogen (secondary N) is 2. The van der Waals surface area contributed by atoms with Crippen molar-refractivity contribution in [1.82, 2.24) is 15.6 Å². The van der Waals surface area contributed by atoms with Gasteiger partial charge in [0.15, 0.2) is 5.96 Å². The predicted molar refractivity (Wildman–Crippen MR) is 104 cm³/mol. The zero-order valence-corrected chi connectivity index (χ0v) is 15.9. The Bertz CT molecular complexity index is 634. The highest BCUT2D eigenvalue weighted by molar-refractivity contribution is 7.09. The van der Waals surface area contributed by atoms with E-state index < -0.39 is 0 Å². The van der Waals surface area contributed by atoms with Gasteiger partial charge in [-0.3, -0.25) is 4.99 Å². The van der Waals surface area contributed by atoms with Crippen molar-refractivity contribution in [2.45, 2.75) is 46.1 Å². The topological polar surface area (TPSA) is 49.3 Å². The highest BCUT2D eigenvalue weighted by atomic mass is 32.1. The Morgan fingerprint density at radius 3 is 2.58 bits per heavy atom. The van der Waals surface area contributed by atoms with Gasteiger partial charge in [0, 0.05) is 30.8 Å². The molecule has 0 aliphatic carbocycles. The molecule has 1 aromatic heterocycles. The highest BCUT2D eigenvalue weighted by Crippen LogP contribution is 2.19. The second-order valence-electron chi connectivity index (χ2n) is 6.12. The van der Waals surface area contributed by atoms with Crippen molar-refractivity contribution in [3.05, 3.63) is 52.0 Å². The van der Waals surface area contributed by atoms with Crippen molar-refractivity contribution < 1.29 is 0 Å². The van der Waals surface area contributed by atoms with Gasteiger partial charge in [-0.05, 0) is 19.4 Å². The van der Waals surface area contributed by atoms with Gasteiger partial charge in [-0.2, -0.15) is 0 Å². The minimum Gasteiger partial charge on any atom is -0.357 e. The normalized spacial score (nSPS) is 13.1. The van der Waals surface area contributed by atoms with E-state index in [9.17, 15) is 0 Å². The fraction of sp³-hybridized carbons (Fsp3) is 0.474. The molecule has 0 aliphatic rings. The van der Waals surface area contributed by atoms with Crippen LogP contribution in [0.25, 0.3) is 0 Å². The fourth-order valence-electron chi connectivity index (χ4n) is 2.34. The number of benzene rings is 1. The average Bonchev–Trinajstić information content (AvgIpc) is 3.05. The molecule has 5 heteroatoms. The van der Waals surface area contributed by atoms with E-state index in [1.807, 2.05) is 6.07 Å². The molecule has 130 valence electrons. The summed E-state index contributed by atoms with van der Waals surface area (Å²) in [5.74, 6) is 1.35. The average molecular weight is 345 g/mol. The number of hydrogen-bond acceptors (Lipinski definition) is 3. The van der Waals surface area contributed by atoms with E-state index in [-0.39, 0.29) is 6.04 Å². The number of aromatic nitrogens is 1. The molecular formula is C19H28N4S. The zero-order chi connectivity index (χ0) is 17.4. The van der Waals surface area contributed by atoms with E-state index >= 15 is 0 Å². The molecule has 0 amide bonds. The summed E-state index contributed by atoms with van der Waals surface area (Å²) in [7, 11) is 0. The van der Waals surface area contributed by atoms with Crippen molar-refractivity contribution in [3.63, 3.8) is 0 Å². The monoisotopic (exact) mass is 344 g/mol. The van der Waals surface area contributed by atoms with Crippen LogP contribution in [0.1, 0.15) is 55.9 Å². The lowest BCUT2D eigenvalue weighted by atomic mass is 10.1. The van der Waals surface area contributed by atoms with E-state index in [4.69, 9.17) is 0 Å². The first-order chi connectivity index (χ1) is 11.6. The van der Waals surface area contributed by atoms with Crippen molar-refractivity contribution in [1.29, 1.82) is 0 Å². The zero-order valence-electron chi connectivity index (χ0n) is 15.0. The number of hydrogen-bond donors (Lipinski definition) is 2. The molecule has 0 saturated heterocycles. The van der Waals surface area contributed by atoms with Crippen LogP contribution in [0, 0.1) is 0 Å². The summed E-state index contributed by atoms with van der Waals surface area (Å²) < 4.78 is 0. The van der Waals surface area contributed by atoms with Crippen molar-refractivity contribution in [3.8, 4) is 0 Å². The van der Waals surface area contributed by atoms with Crippen LogP contribution in [0.15, 0.2) is 40.7 Å². The Morgan fingerprint density at radius 2 is 1.96 bits per heavy atom. The summed E-state index contributed by atoms with van der Waals surface area (Å²) in [6.45, 7) is 10.2. The Kier molecular flexibility index (Phi) is 7.25. The van der Waals surface area contributed by atoms with E-state index in [1.165, 1.54) is 10.6 Å². The quantitative estimate of drug-likeness (QED) is 0.586.